The number of halogens is 2. The van der Waals surface area contributed by atoms with Crippen LogP contribution in [0.5, 0.6) is 5.75 Å². The molecule has 0 aliphatic rings. The molecule has 1 rings (SSSR count). The van der Waals surface area contributed by atoms with E-state index >= 15 is 0 Å². The number of carbonyl (C=O) groups is 1. The molecule has 0 bridgehead atoms. The van der Waals surface area contributed by atoms with Crippen LogP contribution in [0, 0.1) is 5.92 Å². The van der Waals surface area contributed by atoms with Crippen molar-refractivity contribution in [3.05, 3.63) is 49.1 Å². The summed E-state index contributed by atoms with van der Waals surface area (Å²) in [5.41, 5.74) is 0.910. The smallest absolute Gasteiger partial charge is 0.387 e. The minimum absolute atomic E-state index is 0.0259. The molecule has 0 atom stereocenters. The molecule has 0 aliphatic heterocycles. The molecule has 0 fully saturated rings. The Balaban J connectivity index is 3.25. The maximum Gasteiger partial charge on any atom is 0.387 e. The molecule has 0 spiro atoms. The Labute approximate surface area is 136 Å². The minimum atomic E-state index is -2.93. The van der Waals surface area contributed by atoms with Gasteiger partial charge in [0.25, 0.3) is 0 Å². The summed E-state index contributed by atoms with van der Waals surface area (Å²) >= 11 is 0. The number of hydrogen-bond acceptors (Lipinski definition) is 3. The number of anilines is 1. The first kappa shape index (κ1) is 18.9. The molecule has 5 heteroatoms. The molecule has 1 aromatic carbocycles. The molecule has 0 saturated heterocycles. The summed E-state index contributed by atoms with van der Waals surface area (Å²) in [4.78, 5) is 14.0. The molecule has 23 heavy (non-hydrogen) atoms. The molecule has 0 unspecified atom stereocenters. The molecule has 0 aromatic heterocycles. The van der Waals surface area contributed by atoms with Gasteiger partial charge in [0.05, 0.1) is 5.69 Å². The van der Waals surface area contributed by atoms with Crippen molar-refractivity contribution in [3.63, 3.8) is 0 Å². The van der Waals surface area contributed by atoms with Crippen LogP contribution < -0.4 is 9.64 Å². The lowest BCUT2D eigenvalue weighted by molar-refractivity contribution is -0.0495. The van der Waals surface area contributed by atoms with Gasteiger partial charge in [0.1, 0.15) is 5.75 Å². The Morgan fingerprint density at radius 2 is 1.87 bits per heavy atom. The van der Waals surface area contributed by atoms with Crippen LogP contribution in [-0.2, 0) is 0 Å². The third-order valence-electron chi connectivity index (χ3n) is 3.13. The van der Waals surface area contributed by atoms with Crippen molar-refractivity contribution < 1.29 is 18.3 Å². The Morgan fingerprint density at radius 1 is 1.26 bits per heavy atom. The van der Waals surface area contributed by atoms with Gasteiger partial charge in [-0.15, -0.1) is 13.2 Å². The van der Waals surface area contributed by atoms with Crippen molar-refractivity contribution in [1.29, 1.82) is 0 Å². The molecule has 0 N–H and O–H groups in total. The molecular weight excluding hydrogens is 300 g/mol. The SMILES string of the molecule is C=CCN(CC=C)c1cc(C(=O)CC(C)C)ccc1OC(F)F. The number of benzene rings is 1. The fourth-order valence-corrected chi connectivity index (χ4v) is 2.21. The second kappa shape index (κ2) is 9.08. The Morgan fingerprint density at radius 3 is 2.35 bits per heavy atom. The average Bonchev–Trinajstić information content (AvgIpc) is 2.46. The lowest BCUT2D eigenvalue weighted by Crippen LogP contribution is -2.24. The molecule has 3 nitrogen and oxygen atoms in total. The fraction of sp³-hybridized carbons (Fsp3) is 0.389. The van der Waals surface area contributed by atoms with Crippen LogP contribution in [0.3, 0.4) is 0 Å². The van der Waals surface area contributed by atoms with E-state index in [1.807, 2.05) is 13.8 Å². The van der Waals surface area contributed by atoms with Crippen LogP contribution in [0.25, 0.3) is 0 Å². The number of rotatable bonds is 10. The van der Waals surface area contributed by atoms with E-state index in [0.717, 1.165) is 0 Å². The normalized spacial score (nSPS) is 10.7. The average molecular weight is 323 g/mol. The highest BCUT2D eigenvalue weighted by atomic mass is 19.3. The van der Waals surface area contributed by atoms with Crippen molar-refractivity contribution in [3.8, 4) is 5.75 Å². The Bertz CT molecular complexity index is 546. The summed E-state index contributed by atoms with van der Waals surface area (Å²) < 4.78 is 29.8. The maximum atomic E-state index is 12.6. The Hall–Kier alpha value is -2.17. The van der Waals surface area contributed by atoms with Gasteiger partial charge in [-0.1, -0.05) is 26.0 Å². The standard InChI is InChI=1S/C18H23F2NO2/c1-5-9-21(10-6-2)15-12-14(16(22)11-13(3)4)7-8-17(15)23-18(19)20/h5-8,12-13,18H,1-2,9-11H2,3-4H3. The first-order valence-corrected chi connectivity index (χ1v) is 7.47. The predicted molar refractivity (Wildman–Crippen MR) is 89.5 cm³/mol. The zero-order valence-electron chi connectivity index (χ0n) is 13.6. The summed E-state index contributed by atoms with van der Waals surface area (Å²) in [6.45, 7) is 9.15. The van der Waals surface area contributed by atoms with Crippen LogP contribution in [0.4, 0.5) is 14.5 Å². The maximum absolute atomic E-state index is 12.6. The highest BCUT2D eigenvalue weighted by Gasteiger charge is 2.17. The van der Waals surface area contributed by atoms with E-state index in [4.69, 9.17) is 0 Å². The van der Waals surface area contributed by atoms with Gasteiger partial charge in [0.15, 0.2) is 5.78 Å². The summed E-state index contributed by atoms with van der Waals surface area (Å²) in [6, 6.07) is 4.52. The lowest BCUT2D eigenvalue weighted by atomic mass is 10.0. The third-order valence-corrected chi connectivity index (χ3v) is 3.13. The Kier molecular flexibility index (Phi) is 7.45. The zero-order valence-corrected chi connectivity index (χ0v) is 13.6. The van der Waals surface area contributed by atoms with E-state index in [1.54, 1.807) is 23.1 Å². The molecule has 0 heterocycles. The summed E-state index contributed by atoms with van der Waals surface area (Å²) in [6.07, 6.45) is 3.70. The predicted octanol–water partition coefficient (Wildman–Crippen LogP) is 4.70. The molecule has 0 saturated carbocycles. The second-order valence-corrected chi connectivity index (χ2v) is 5.56. The molecule has 126 valence electrons. The molecule has 1 aromatic rings. The molecule has 0 amide bonds. The molecule has 0 aliphatic carbocycles. The van der Waals surface area contributed by atoms with Crippen LogP contribution in [0.15, 0.2) is 43.5 Å². The minimum Gasteiger partial charge on any atom is -0.433 e. The van der Waals surface area contributed by atoms with Crippen molar-refractivity contribution in [2.45, 2.75) is 26.9 Å². The number of nitrogens with zero attached hydrogens (tertiary/aromatic N) is 1. The van der Waals surface area contributed by atoms with Gasteiger partial charge < -0.3 is 9.64 Å². The van der Waals surface area contributed by atoms with Gasteiger partial charge in [-0.05, 0) is 24.1 Å². The summed E-state index contributed by atoms with van der Waals surface area (Å²) in [5.74, 6) is 0.229. The second-order valence-electron chi connectivity index (χ2n) is 5.56. The monoisotopic (exact) mass is 323 g/mol. The highest BCUT2D eigenvalue weighted by molar-refractivity contribution is 5.97. The van der Waals surface area contributed by atoms with Crippen LogP contribution in [0.2, 0.25) is 0 Å². The van der Waals surface area contributed by atoms with Gasteiger partial charge in [-0.25, -0.2) is 0 Å². The fourth-order valence-electron chi connectivity index (χ4n) is 2.21. The highest BCUT2D eigenvalue weighted by Crippen LogP contribution is 2.31. The van der Waals surface area contributed by atoms with E-state index in [-0.39, 0.29) is 17.5 Å². The molecular formula is C18H23F2NO2. The number of ether oxygens (including phenoxy) is 1. The number of alkyl halides is 2. The lowest BCUT2D eigenvalue weighted by Gasteiger charge is -2.25. The van der Waals surface area contributed by atoms with Crippen molar-refractivity contribution in [2.75, 3.05) is 18.0 Å². The quantitative estimate of drug-likeness (QED) is 0.462. The molecule has 0 radical (unpaired) electrons. The van der Waals surface area contributed by atoms with E-state index in [9.17, 15) is 13.6 Å². The van der Waals surface area contributed by atoms with E-state index in [0.29, 0.717) is 30.8 Å². The third kappa shape index (κ3) is 5.85. The van der Waals surface area contributed by atoms with Crippen LogP contribution in [0.1, 0.15) is 30.6 Å². The van der Waals surface area contributed by atoms with Crippen molar-refractivity contribution >= 4 is 11.5 Å². The van der Waals surface area contributed by atoms with Gasteiger partial charge in [-0.2, -0.15) is 8.78 Å². The van der Waals surface area contributed by atoms with E-state index in [2.05, 4.69) is 17.9 Å². The zero-order chi connectivity index (χ0) is 17.4. The van der Waals surface area contributed by atoms with Gasteiger partial charge in [-0.3, -0.25) is 4.79 Å². The number of hydrogen-bond donors (Lipinski definition) is 0. The summed E-state index contributed by atoms with van der Waals surface area (Å²) in [7, 11) is 0. The van der Waals surface area contributed by atoms with Crippen LogP contribution >= 0.6 is 0 Å². The number of Topliss-reactive ketones (excluding diaryl/α,β-unsaturated/α-hetero) is 1. The largest absolute Gasteiger partial charge is 0.433 e. The van der Waals surface area contributed by atoms with Crippen LogP contribution in [-0.4, -0.2) is 25.5 Å². The van der Waals surface area contributed by atoms with Gasteiger partial charge >= 0.3 is 6.61 Å². The van der Waals surface area contributed by atoms with E-state index < -0.39 is 6.61 Å². The van der Waals surface area contributed by atoms with Gasteiger partial charge in [0, 0.05) is 25.1 Å². The van der Waals surface area contributed by atoms with Crippen molar-refractivity contribution in [2.24, 2.45) is 5.92 Å². The first-order chi connectivity index (χ1) is 10.9. The van der Waals surface area contributed by atoms with E-state index in [1.165, 1.54) is 12.1 Å². The topological polar surface area (TPSA) is 29.5 Å². The van der Waals surface area contributed by atoms with Crippen molar-refractivity contribution in [1.82, 2.24) is 0 Å². The number of carbonyl (C=O) groups excluding carboxylic acids is 1. The van der Waals surface area contributed by atoms with Gasteiger partial charge in [0.2, 0.25) is 0 Å². The summed E-state index contributed by atoms with van der Waals surface area (Å²) in [5, 5.41) is 0. The first-order valence-electron chi connectivity index (χ1n) is 7.47. The number of ketones is 1.